The molecule has 7 nitrogen and oxygen atoms in total. The van der Waals surface area contributed by atoms with Crippen molar-refractivity contribution >= 4 is 39.0 Å². The number of nitrogens with one attached hydrogen (secondary N) is 2. The summed E-state index contributed by atoms with van der Waals surface area (Å²) < 4.78 is 2.92. The molecule has 8 heteroatoms. The predicted octanol–water partition coefficient (Wildman–Crippen LogP) is 5.17. The van der Waals surface area contributed by atoms with E-state index in [4.69, 9.17) is 9.98 Å². The monoisotopic (exact) mass is 506 g/mol. The van der Waals surface area contributed by atoms with Crippen LogP contribution < -0.4 is 10.6 Å². The van der Waals surface area contributed by atoms with Crippen LogP contribution in [0.2, 0.25) is 0 Å². The number of rotatable bonds is 0. The fourth-order valence-corrected chi connectivity index (χ4v) is 5.06. The number of anilines is 1. The molecule has 0 saturated heterocycles. The standard InChI is InChI=1S/C25H27BrN6O/c1-14-6-4-5-7-22-18(13-27-32(22)3)20-11-16(10-15(2)28-20)25(33)31-24-23(14)29-21-12-17(26)8-9-19(21)30-24/h8-14,23,29H,4-7H2,1-3H3,(H,30,31,33)/t14-,23?/m1/s1. The molecular formula is C25H27BrN6O. The fraction of sp³-hybridized carbons (Fsp3) is 0.360. The first kappa shape index (κ1) is 21.8. The molecule has 1 amide bonds. The maximum atomic E-state index is 13.4. The van der Waals surface area contributed by atoms with E-state index in [9.17, 15) is 4.79 Å². The molecule has 5 rings (SSSR count). The number of pyridine rings is 1. The molecule has 0 saturated carbocycles. The average Bonchev–Trinajstić information content (AvgIpc) is 3.15. The van der Waals surface area contributed by atoms with E-state index >= 15 is 0 Å². The lowest BCUT2D eigenvalue weighted by Gasteiger charge is -2.32. The van der Waals surface area contributed by atoms with Crippen LogP contribution in [0.4, 0.5) is 11.4 Å². The van der Waals surface area contributed by atoms with Crippen LogP contribution in [0.1, 0.15) is 47.9 Å². The van der Waals surface area contributed by atoms with Crippen molar-refractivity contribution < 1.29 is 4.79 Å². The third-order valence-electron chi connectivity index (χ3n) is 6.49. The van der Waals surface area contributed by atoms with Gasteiger partial charge in [-0.05, 0) is 62.4 Å². The molecule has 0 spiro atoms. The predicted molar refractivity (Wildman–Crippen MR) is 134 cm³/mol. The lowest BCUT2D eigenvalue weighted by molar-refractivity contribution is 0.0975. The smallest absolute Gasteiger partial charge is 0.256 e. The largest absolute Gasteiger partial charge is 0.373 e. The molecule has 2 bridgehead atoms. The highest BCUT2D eigenvalue weighted by molar-refractivity contribution is 9.10. The van der Waals surface area contributed by atoms with E-state index in [2.05, 4.69) is 38.6 Å². The molecule has 170 valence electrons. The number of halogens is 1. The molecule has 0 fully saturated rings. The Labute approximate surface area is 201 Å². The van der Waals surface area contributed by atoms with Crippen molar-refractivity contribution in [3.63, 3.8) is 0 Å². The van der Waals surface area contributed by atoms with Gasteiger partial charge in [0.15, 0.2) is 0 Å². The van der Waals surface area contributed by atoms with Gasteiger partial charge in [-0.1, -0.05) is 29.3 Å². The number of benzene rings is 1. The van der Waals surface area contributed by atoms with E-state index in [1.165, 1.54) is 0 Å². The minimum atomic E-state index is -0.178. The van der Waals surface area contributed by atoms with Crippen molar-refractivity contribution in [3.05, 3.63) is 58.0 Å². The third kappa shape index (κ3) is 4.31. The Hall–Kier alpha value is -3.00. The van der Waals surface area contributed by atoms with Crippen molar-refractivity contribution in [3.8, 4) is 11.3 Å². The van der Waals surface area contributed by atoms with Gasteiger partial charge in [-0.2, -0.15) is 5.10 Å². The average molecular weight is 507 g/mol. The van der Waals surface area contributed by atoms with Gasteiger partial charge in [0.05, 0.1) is 29.3 Å². The van der Waals surface area contributed by atoms with Gasteiger partial charge < -0.3 is 10.6 Å². The summed E-state index contributed by atoms with van der Waals surface area (Å²) in [5, 5.41) is 11.2. The highest BCUT2D eigenvalue weighted by Crippen LogP contribution is 2.35. The second-order valence-electron chi connectivity index (χ2n) is 8.97. The van der Waals surface area contributed by atoms with Gasteiger partial charge in [0, 0.05) is 34.0 Å². The van der Waals surface area contributed by atoms with Crippen LogP contribution in [0, 0.1) is 12.8 Å². The molecule has 1 aromatic carbocycles. The van der Waals surface area contributed by atoms with Crippen LogP contribution in [-0.2, 0) is 13.5 Å². The number of carbonyl (C=O) groups excluding carboxylic acids is 1. The normalized spacial score (nSPS) is 20.4. The maximum Gasteiger partial charge on any atom is 0.256 e. The number of aliphatic imine (C=N–C) groups is 1. The minimum Gasteiger partial charge on any atom is -0.373 e. The van der Waals surface area contributed by atoms with Gasteiger partial charge in [0.1, 0.15) is 5.84 Å². The number of hydrogen-bond donors (Lipinski definition) is 2. The van der Waals surface area contributed by atoms with Crippen LogP contribution in [0.25, 0.3) is 11.3 Å². The summed E-state index contributed by atoms with van der Waals surface area (Å²) in [6.07, 6.45) is 5.93. The van der Waals surface area contributed by atoms with Gasteiger partial charge >= 0.3 is 0 Å². The zero-order valence-electron chi connectivity index (χ0n) is 19.0. The second-order valence-corrected chi connectivity index (χ2v) is 9.88. The molecule has 1 unspecified atom stereocenters. The zero-order chi connectivity index (χ0) is 23.1. The molecule has 3 aromatic rings. The summed E-state index contributed by atoms with van der Waals surface area (Å²) in [6, 6.07) is 9.56. The highest BCUT2D eigenvalue weighted by atomic mass is 79.9. The number of aromatic nitrogens is 3. The van der Waals surface area contributed by atoms with Crippen LogP contribution in [0.3, 0.4) is 0 Å². The van der Waals surface area contributed by atoms with Crippen LogP contribution >= 0.6 is 15.9 Å². The molecular weight excluding hydrogens is 480 g/mol. The van der Waals surface area contributed by atoms with Crippen LogP contribution in [-0.4, -0.2) is 32.5 Å². The summed E-state index contributed by atoms with van der Waals surface area (Å²) in [4.78, 5) is 22.9. The summed E-state index contributed by atoms with van der Waals surface area (Å²) in [6.45, 7) is 4.14. The Kier molecular flexibility index (Phi) is 5.78. The first-order valence-electron chi connectivity index (χ1n) is 11.3. The fourth-order valence-electron chi connectivity index (χ4n) is 4.70. The lowest BCUT2D eigenvalue weighted by Crippen LogP contribution is -2.47. The Morgan fingerprint density at radius 3 is 2.88 bits per heavy atom. The molecule has 2 aliphatic rings. The number of aryl methyl sites for hydroxylation is 2. The summed E-state index contributed by atoms with van der Waals surface area (Å²) in [5.74, 6) is 0.778. The highest BCUT2D eigenvalue weighted by Gasteiger charge is 2.29. The maximum absolute atomic E-state index is 13.4. The van der Waals surface area contributed by atoms with E-state index < -0.39 is 0 Å². The molecule has 2 aromatic heterocycles. The summed E-state index contributed by atoms with van der Waals surface area (Å²) >= 11 is 3.55. The number of amidine groups is 1. The third-order valence-corrected chi connectivity index (χ3v) is 6.99. The SMILES string of the molecule is Cc1cc2cc(n1)-c1cnn(C)c1CCCC[C@@H](C)C1Nc3cc(Br)ccc3N=C1NC2=O. The van der Waals surface area contributed by atoms with Crippen molar-refractivity contribution in [1.82, 2.24) is 20.1 Å². The molecule has 0 radical (unpaired) electrons. The molecule has 2 aliphatic heterocycles. The van der Waals surface area contributed by atoms with E-state index in [0.717, 1.165) is 64.2 Å². The van der Waals surface area contributed by atoms with E-state index in [1.54, 1.807) is 0 Å². The number of fused-ring (bicyclic) bond motifs is 6. The first-order chi connectivity index (χ1) is 15.9. The Morgan fingerprint density at radius 2 is 2.03 bits per heavy atom. The van der Waals surface area contributed by atoms with Gasteiger partial charge in [0.25, 0.3) is 5.91 Å². The number of amides is 1. The topological polar surface area (TPSA) is 84.2 Å². The Balaban J connectivity index is 1.58. The second kappa shape index (κ2) is 8.74. The van der Waals surface area contributed by atoms with Crippen molar-refractivity contribution in [1.29, 1.82) is 0 Å². The van der Waals surface area contributed by atoms with Crippen molar-refractivity contribution in [2.45, 2.75) is 45.6 Å². The summed E-state index contributed by atoms with van der Waals surface area (Å²) in [7, 11) is 1.97. The molecule has 33 heavy (non-hydrogen) atoms. The van der Waals surface area contributed by atoms with Crippen LogP contribution in [0.15, 0.2) is 46.0 Å². The molecule has 2 N–H and O–H groups in total. The van der Waals surface area contributed by atoms with E-state index in [0.29, 0.717) is 17.3 Å². The number of carbonyl (C=O) groups is 1. The molecule has 4 heterocycles. The Morgan fingerprint density at radius 1 is 1.18 bits per heavy atom. The van der Waals surface area contributed by atoms with Gasteiger partial charge in [-0.3, -0.25) is 14.5 Å². The lowest BCUT2D eigenvalue weighted by atomic mass is 9.92. The van der Waals surface area contributed by atoms with Crippen molar-refractivity contribution in [2.75, 3.05) is 5.32 Å². The molecule has 0 aliphatic carbocycles. The van der Waals surface area contributed by atoms with Gasteiger partial charge in [0.2, 0.25) is 0 Å². The number of nitrogens with zero attached hydrogens (tertiary/aromatic N) is 4. The zero-order valence-corrected chi connectivity index (χ0v) is 20.6. The minimum absolute atomic E-state index is 0.0756. The van der Waals surface area contributed by atoms with Gasteiger partial charge in [-0.25, -0.2) is 4.99 Å². The number of hydrogen-bond acceptors (Lipinski definition) is 5. The van der Waals surface area contributed by atoms with Crippen LogP contribution in [0.5, 0.6) is 0 Å². The van der Waals surface area contributed by atoms with Crippen molar-refractivity contribution in [2.24, 2.45) is 18.0 Å². The van der Waals surface area contributed by atoms with E-state index in [1.807, 2.05) is 55.2 Å². The first-order valence-corrected chi connectivity index (χ1v) is 12.1. The Bertz CT molecular complexity index is 1260. The van der Waals surface area contributed by atoms with E-state index in [-0.39, 0.29) is 11.9 Å². The molecule has 2 atom stereocenters. The summed E-state index contributed by atoms with van der Waals surface area (Å²) in [5.41, 5.74) is 6.09. The quantitative estimate of drug-likeness (QED) is 0.440. The van der Waals surface area contributed by atoms with Gasteiger partial charge in [-0.15, -0.1) is 0 Å².